The van der Waals surface area contributed by atoms with Crippen LogP contribution in [-0.2, 0) is 29.4 Å². The third-order valence-corrected chi connectivity index (χ3v) is 11.0. The van der Waals surface area contributed by atoms with E-state index in [1.807, 2.05) is 13.0 Å². The van der Waals surface area contributed by atoms with Gasteiger partial charge in [0.05, 0.1) is 12.7 Å². The summed E-state index contributed by atoms with van der Waals surface area (Å²) in [4.78, 5) is 40.6. The van der Waals surface area contributed by atoms with E-state index in [2.05, 4.69) is 20.4 Å². The van der Waals surface area contributed by atoms with Crippen molar-refractivity contribution in [2.75, 3.05) is 38.6 Å². The summed E-state index contributed by atoms with van der Waals surface area (Å²) in [6, 6.07) is 7.07. The fraction of sp³-hybridized carbons (Fsp3) is 0.500. The van der Waals surface area contributed by atoms with Crippen LogP contribution in [0.3, 0.4) is 0 Å². The van der Waals surface area contributed by atoms with Crippen molar-refractivity contribution in [3.05, 3.63) is 80.5 Å². The van der Waals surface area contributed by atoms with Gasteiger partial charge in [-0.3, -0.25) is 24.6 Å². The van der Waals surface area contributed by atoms with Gasteiger partial charge in [-0.05, 0) is 119 Å². The minimum Gasteiger partial charge on any atom is -0.496 e. The fourth-order valence-electron chi connectivity index (χ4n) is 7.89. The summed E-state index contributed by atoms with van der Waals surface area (Å²) in [7, 11) is 3.21. The van der Waals surface area contributed by atoms with Crippen LogP contribution in [0.15, 0.2) is 41.3 Å². The molecule has 3 aliphatic rings. The molecule has 2 N–H and O–H groups in total. The first kappa shape index (κ1) is 36.6. The smallest absolute Gasteiger partial charge is 0.416 e. The number of benzene rings is 2. The molecule has 0 bridgehead atoms. The number of nitrogens with one attached hydrogen (secondary N) is 2. The van der Waals surface area contributed by atoms with Crippen molar-refractivity contribution in [2.24, 2.45) is 7.05 Å². The van der Waals surface area contributed by atoms with Gasteiger partial charge < -0.3 is 19.5 Å². The Balaban J connectivity index is 1.06. The molecule has 2 aromatic carbocycles. The molecule has 6 rings (SSSR count). The molecule has 0 spiro atoms. The lowest BCUT2D eigenvalue weighted by Gasteiger charge is -2.42. The van der Waals surface area contributed by atoms with Gasteiger partial charge in [0, 0.05) is 54.6 Å². The second-order valence-corrected chi connectivity index (χ2v) is 14.1. The zero-order valence-electron chi connectivity index (χ0n) is 29.5. The standard InChI is InChI=1S/C38H45F4N5O4/c1-22-23(2)37(50)45(3)20-29(22)25-17-32(39)30(34(18-25)51-4)21-46-13-11-27(12-14-46)47-15-9-24(10-16-47)28-6-5-26(19-31(28)38(40,41)42)43-33-7-8-35(48)44-36(33)49/h5-6,17-20,24,27,33,43H,7-16,21H2,1-4H3,(H,44,48,49). The van der Waals surface area contributed by atoms with Crippen LogP contribution in [0, 0.1) is 19.7 Å². The molecule has 2 amide bonds. The summed E-state index contributed by atoms with van der Waals surface area (Å²) in [5.41, 5.74) is 3.02. The molecule has 9 nitrogen and oxygen atoms in total. The van der Waals surface area contributed by atoms with Gasteiger partial charge in [-0.25, -0.2) is 4.39 Å². The number of hydrogen-bond donors (Lipinski definition) is 2. The van der Waals surface area contributed by atoms with Crippen LogP contribution in [0.25, 0.3) is 11.1 Å². The Hall–Kier alpha value is -4.23. The van der Waals surface area contributed by atoms with Crippen LogP contribution in [0.5, 0.6) is 5.75 Å². The number of aromatic nitrogens is 1. The molecule has 1 aromatic heterocycles. The van der Waals surface area contributed by atoms with Crippen LogP contribution in [-0.4, -0.2) is 71.6 Å². The summed E-state index contributed by atoms with van der Waals surface area (Å²) < 4.78 is 65.6. The van der Waals surface area contributed by atoms with Crippen LogP contribution in [0.4, 0.5) is 23.2 Å². The second kappa shape index (κ2) is 14.8. The lowest BCUT2D eigenvalue weighted by molar-refractivity contribution is -0.138. The van der Waals surface area contributed by atoms with Gasteiger partial charge in [0.1, 0.15) is 17.6 Å². The number of aryl methyl sites for hydroxylation is 1. The molecule has 1 atom stereocenters. The molecular weight excluding hydrogens is 666 g/mol. The van der Waals surface area contributed by atoms with E-state index < -0.39 is 23.7 Å². The topological polar surface area (TPSA) is 95.9 Å². The molecule has 4 heterocycles. The van der Waals surface area contributed by atoms with E-state index in [1.165, 1.54) is 23.8 Å². The van der Waals surface area contributed by atoms with Crippen molar-refractivity contribution in [3.8, 4) is 16.9 Å². The van der Waals surface area contributed by atoms with Crippen molar-refractivity contribution >= 4 is 17.5 Å². The normalized spacial score (nSPS) is 20.0. The maximum absolute atomic E-state index is 15.7. The number of amides is 2. The SMILES string of the molecule is COc1cc(-c2cn(C)c(=O)c(C)c2C)cc(F)c1CN1CCC(N2CCC(c3ccc(NC4CCC(=O)NC4=O)cc3C(F)(F)F)CC2)CC1. The molecular formula is C38H45F4N5O4. The van der Waals surface area contributed by atoms with Crippen LogP contribution in [0.2, 0.25) is 0 Å². The number of nitrogens with zero attached hydrogens (tertiary/aromatic N) is 3. The number of rotatable bonds is 8. The van der Waals surface area contributed by atoms with E-state index in [0.29, 0.717) is 61.0 Å². The number of ether oxygens (including phenoxy) is 1. The number of methoxy groups -OCH3 is 1. The number of hydrogen-bond acceptors (Lipinski definition) is 7. The van der Waals surface area contributed by atoms with Gasteiger partial charge in [-0.15, -0.1) is 0 Å². The molecule has 51 heavy (non-hydrogen) atoms. The average Bonchev–Trinajstić information content (AvgIpc) is 3.11. The van der Waals surface area contributed by atoms with Crippen molar-refractivity contribution < 1.29 is 31.9 Å². The number of pyridine rings is 1. The minimum absolute atomic E-state index is 0.0865. The number of carbonyl (C=O) groups excluding carboxylic acids is 2. The van der Waals surface area contributed by atoms with E-state index in [4.69, 9.17) is 4.74 Å². The Morgan fingerprint density at radius 2 is 1.65 bits per heavy atom. The van der Waals surface area contributed by atoms with Gasteiger partial charge >= 0.3 is 6.18 Å². The van der Waals surface area contributed by atoms with Gasteiger partial charge in [-0.2, -0.15) is 13.2 Å². The first-order valence-electron chi connectivity index (χ1n) is 17.5. The molecule has 1 unspecified atom stereocenters. The van der Waals surface area contributed by atoms with E-state index in [0.717, 1.165) is 43.1 Å². The third-order valence-electron chi connectivity index (χ3n) is 11.0. The Bertz CT molecular complexity index is 1860. The lowest BCUT2D eigenvalue weighted by atomic mass is 9.85. The Kier molecular flexibility index (Phi) is 10.6. The van der Waals surface area contributed by atoms with Gasteiger partial charge in [0.25, 0.3) is 5.56 Å². The van der Waals surface area contributed by atoms with Crippen LogP contribution in [0.1, 0.15) is 72.3 Å². The second-order valence-electron chi connectivity index (χ2n) is 14.1. The monoisotopic (exact) mass is 711 g/mol. The molecule has 3 aromatic rings. The van der Waals surface area contributed by atoms with Gasteiger partial charge in [0.2, 0.25) is 11.8 Å². The fourth-order valence-corrected chi connectivity index (χ4v) is 7.89. The number of imide groups is 1. The minimum atomic E-state index is -4.55. The van der Waals surface area contributed by atoms with Crippen molar-refractivity contribution in [1.29, 1.82) is 0 Å². The third kappa shape index (κ3) is 7.84. The maximum atomic E-state index is 15.7. The highest BCUT2D eigenvalue weighted by molar-refractivity contribution is 6.01. The number of alkyl halides is 3. The number of likely N-dealkylation sites (tertiary alicyclic amines) is 2. The summed E-state index contributed by atoms with van der Waals surface area (Å²) >= 11 is 0. The summed E-state index contributed by atoms with van der Waals surface area (Å²) in [6.45, 7) is 6.92. The van der Waals surface area contributed by atoms with E-state index in [-0.39, 0.29) is 47.3 Å². The Morgan fingerprint density at radius 3 is 2.29 bits per heavy atom. The Morgan fingerprint density at radius 1 is 0.941 bits per heavy atom. The highest BCUT2D eigenvalue weighted by Crippen LogP contribution is 2.41. The molecule has 3 saturated heterocycles. The van der Waals surface area contributed by atoms with Crippen LogP contribution >= 0.6 is 0 Å². The molecule has 0 radical (unpaired) electrons. The van der Waals surface area contributed by atoms with E-state index >= 15 is 4.39 Å². The van der Waals surface area contributed by atoms with E-state index in [1.54, 1.807) is 26.2 Å². The predicted molar refractivity (Wildman–Crippen MR) is 186 cm³/mol. The Labute approximate surface area is 295 Å². The molecule has 3 aliphatic heterocycles. The molecule has 0 aliphatic carbocycles. The summed E-state index contributed by atoms with van der Waals surface area (Å²) in [5, 5.41) is 5.10. The van der Waals surface area contributed by atoms with Crippen molar-refractivity contribution in [2.45, 2.75) is 83.1 Å². The molecule has 274 valence electrons. The molecule has 0 saturated carbocycles. The maximum Gasteiger partial charge on any atom is 0.416 e. The molecule has 3 fully saturated rings. The zero-order valence-corrected chi connectivity index (χ0v) is 29.5. The van der Waals surface area contributed by atoms with Gasteiger partial charge in [0.15, 0.2) is 0 Å². The summed E-state index contributed by atoms with van der Waals surface area (Å²) in [5.74, 6) is -1.07. The quantitative estimate of drug-likeness (QED) is 0.222. The first-order chi connectivity index (χ1) is 24.2. The van der Waals surface area contributed by atoms with Gasteiger partial charge in [-0.1, -0.05) is 6.07 Å². The number of halogens is 4. The zero-order chi connectivity index (χ0) is 36.6. The lowest BCUT2D eigenvalue weighted by Crippen LogP contribution is -2.47. The highest BCUT2D eigenvalue weighted by atomic mass is 19.4. The highest BCUT2D eigenvalue weighted by Gasteiger charge is 2.38. The largest absolute Gasteiger partial charge is 0.496 e. The predicted octanol–water partition coefficient (Wildman–Crippen LogP) is 5.90. The number of anilines is 1. The van der Waals surface area contributed by atoms with Crippen molar-refractivity contribution in [1.82, 2.24) is 19.7 Å². The first-order valence-corrected chi connectivity index (χ1v) is 17.5. The van der Waals surface area contributed by atoms with Crippen molar-refractivity contribution in [3.63, 3.8) is 0 Å². The van der Waals surface area contributed by atoms with E-state index in [9.17, 15) is 27.6 Å². The average molecular weight is 712 g/mol. The number of carbonyl (C=O) groups is 2. The van der Waals surface area contributed by atoms with Crippen LogP contribution < -0.4 is 20.9 Å². The summed E-state index contributed by atoms with van der Waals surface area (Å²) in [6.07, 6.45) is 0.480. The number of piperidine rings is 3. The molecule has 13 heteroatoms.